The largest absolute Gasteiger partial charge is 0.497 e. The molecule has 1 heterocycles. The molecule has 4 aromatic carbocycles. The molecule has 234 valence electrons. The molecule has 0 bridgehead atoms. The van der Waals surface area contributed by atoms with Gasteiger partial charge in [0.2, 0.25) is 11.8 Å². The summed E-state index contributed by atoms with van der Waals surface area (Å²) in [5.74, 6) is 0.836. The third-order valence-electron chi connectivity index (χ3n) is 7.38. The molecule has 1 aliphatic rings. The first-order valence-electron chi connectivity index (χ1n) is 14.8. The molecule has 5 rings (SSSR count). The fourth-order valence-electron chi connectivity index (χ4n) is 4.94. The van der Waals surface area contributed by atoms with E-state index in [4.69, 9.17) is 14.2 Å². The van der Waals surface area contributed by atoms with E-state index >= 15 is 0 Å². The number of carbonyl (C=O) groups excluding carboxylic acids is 2. The molecule has 1 saturated heterocycles. The lowest BCUT2D eigenvalue weighted by Crippen LogP contribution is -2.53. The molecule has 1 aliphatic heterocycles. The van der Waals surface area contributed by atoms with E-state index in [1.54, 1.807) is 31.4 Å². The van der Waals surface area contributed by atoms with Gasteiger partial charge in [-0.1, -0.05) is 36.4 Å². The van der Waals surface area contributed by atoms with Crippen LogP contribution in [0.1, 0.15) is 5.56 Å². The standard InChI is InChI=1S/C35H37FN4O5/c1-43-32-9-5-8-29(22-32)40-20-18-39(19-21-40)23-34(41)38-33(25-44-24-26-6-3-2-4-7-26)35(42)37-28-12-16-31(17-13-28)45-30-14-10-27(36)11-15-30/h2-17,22,33H,18-21,23-25H2,1H3,(H,37,42)(H,38,41)/t33-/m0/s1. The number of halogens is 1. The first-order chi connectivity index (χ1) is 21.9. The Hall–Kier alpha value is -4.93. The van der Waals surface area contributed by atoms with Gasteiger partial charge in [-0.15, -0.1) is 0 Å². The molecule has 1 fully saturated rings. The summed E-state index contributed by atoms with van der Waals surface area (Å²) in [6, 6.07) is 29.2. The summed E-state index contributed by atoms with van der Waals surface area (Å²) < 4.78 is 30.1. The first-order valence-corrected chi connectivity index (χ1v) is 14.8. The Morgan fingerprint density at radius 3 is 2.20 bits per heavy atom. The summed E-state index contributed by atoms with van der Waals surface area (Å²) in [7, 11) is 1.65. The smallest absolute Gasteiger partial charge is 0.249 e. The molecule has 0 unspecified atom stereocenters. The number of nitrogens with zero attached hydrogens (tertiary/aromatic N) is 2. The number of benzene rings is 4. The number of ether oxygens (including phenoxy) is 3. The maximum atomic E-state index is 13.3. The fraction of sp³-hybridized carbons (Fsp3) is 0.257. The highest BCUT2D eigenvalue weighted by Crippen LogP contribution is 2.24. The molecule has 45 heavy (non-hydrogen) atoms. The highest BCUT2D eigenvalue weighted by molar-refractivity contribution is 5.97. The van der Waals surface area contributed by atoms with Crippen LogP contribution in [0.15, 0.2) is 103 Å². The summed E-state index contributed by atoms with van der Waals surface area (Å²) in [5, 5.41) is 5.74. The van der Waals surface area contributed by atoms with E-state index in [0.717, 1.165) is 30.1 Å². The zero-order chi connectivity index (χ0) is 31.4. The third kappa shape index (κ3) is 9.53. The van der Waals surface area contributed by atoms with Crippen LogP contribution in [0.4, 0.5) is 15.8 Å². The normalized spacial score (nSPS) is 14.0. The molecule has 9 nitrogen and oxygen atoms in total. The molecule has 0 aromatic heterocycles. The highest BCUT2D eigenvalue weighted by atomic mass is 19.1. The second kappa shape index (κ2) is 15.7. The molecular weight excluding hydrogens is 575 g/mol. The number of methoxy groups -OCH3 is 1. The predicted molar refractivity (Wildman–Crippen MR) is 171 cm³/mol. The van der Waals surface area contributed by atoms with E-state index in [1.807, 2.05) is 48.5 Å². The minimum absolute atomic E-state index is 0.00183. The van der Waals surface area contributed by atoms with Gasteiger partial charge in [0.1, 0.15) is 29.1 Å². The van der Waals surface area contributed by atoms with Crippen molar-refractivity contribution in [2.45, 2.75) is 12.6 Å². The van der Waals surface area contributed by atoms with Crippen molar-refractivity contribution in [1.29, 1.82) is 0 Å². The molecule has 0 aliphatic carbocycles. The number of hydrogen-bond acceptors (Lipinski definition) is 7. The first kappa shape index (κ1) is 31.5. The molecule has 4 aromatic rings. The summed E-state index contributed by atoms with van der Waals surface area (Å²) in [5.41, 5.74) is 2.58. The van der Waals surface area contributed by atoms with E-state index < -0.39 is 11.9 Å². The SMILES string of the molecule is COc1cccc(N2CCN(CC(=O)N[C@@H](COCc3ccccc3)C(=O)Nc3ccc(Oc4ccc(F)cc4)cc3)CC2)c1. The Bertz CT molecular complexity index is 1530. The minimum atomic E-state index is -0.908. The third-order valence-corrected chi connectivity index (χ3v) is 7.38. The van der Waals surface area contributed by atoms with Crippen molar-refractivity contribution in [2.24, 2.45) is 0 Å². The zero-order valence-corrected chi connectivity index (χ0v) is 25.2. The van der Waals surface area contributed by atoms with Gasteiger partial charge in [0.15, 0.2) is 0 Å². The van der Waals surface area contributed by atoms with Gasteiger partial charge in [-0.05, 0) is 66.2 Å². The van der Waals surface area contributed by atoms with Crippen molar-refractivity contribution in [3.8, 4) is 17.2 Å². The number of amides is 2. The van der Waals surface area contributed by atoms with Crippen molar-refractivity contribution in [3.05, 3.63) is 115 Å². The Morgan fingerprint density at radius 1 is 0.822 bits per heavy atom. The van der Waals surface area contributed by atoms with E-state index in [-0.39, 0.29) is 24.9 Å². The van der Waals surface area contributed by atoms with Gasteiger partial charge < -0.3 is 29.7 Å². The number of piperazine rings is 1. The lowest BCUT2D eigenvalue weighted by Gasteiger charge is -2.36. The Morgan fingerprint density at radius 2 is 1.51 bits per heavy atom. The molecule has 0 saturated carbocycles. The summed E-state index contributed by atoms with van der Waals surface area (Å²) in [6.07, 6.45) is 0. The highest BCUT2D eigenvalue weighted by Gasteiger charge is 2.24. The van der Waals surface area contributed by atoms with E-state index in [9.17, 15) is 14.0 Å². The van der Waals surface area contributed by atoms with Gasteiger partial charge >= 0.3 is 0 Å². The summed E-state index contributed by atoms with van der Waals surface area (Å²) in [4.78, 5) is 30.8. The molecule has 2 N–H and O–H groups in total. The maximum absolute atomic E-state index is 13.3. The predicted octanol–water partition coefficient (Wildman–Crippen LogP) is 5.09. The van der Waals surface area contributed by atoms with Crippen LogP contribution in [0.25, 0.3) is 0 Å². The average molecular weight is 613 g/mol. The van der Waals surface area contributed by atoms with Gasteiger partial charge in [-0.3, -0.25) is 14.5 Å². The van der Waals surface area contributed by atoms with Crippen molar-refractivity contribution in [3.63, 3.8) is 0 Å². The van der Waals surface area contributed by atoms with Gasteiger partial charge in [0.05, 0.1) is 26.9 Å². The molecule has 10 heteroatoms. The summed E-state index contributed by atoms with van der Waals surface area (Å²) in [6.45, 7) is 3.43. The second-order valence-corrected chi connectivity index (χ2v) is 10.7. The lowest BCUT2D eigenvalue weighted by atomic mass is 10.2. The van der Waals surface area contributed by atoms with Crippen LogP contribution in [0.5, 0.6) is 17.2 Å². The van der Waals surface area contributed by atoms with Crippen LogP contribution in [0.3, 0.4) is 0 Å². The number of nitrogens with one attached hydrogen (secondary N) is 2. The Labute approximate surface area is 262 Å². The topological polar surface area (TPSA) is 92.4 Å². The van der Waals surface area contributed by atoms with Gasteiger partial charge in [-0.2, -0.15) is 0 Å². The van der Waals surface area contributed by atoms with Crippen molar-refractivity contribution in [1.82, 2.24) is 10.2 Å². The second-order valence-electron chi connectivity index (χ2n) is 10.7. The molecule has 2 amide bonds. The molecule has 0 radical (unpaired) electrons. The van der Waals surface area contributed by atoms with Crippen LogP contribution in [-0.4, -0.2) is 69.2 Å². The van der Waals surface area contributed by atoms with Crippen LogP contribution in [0, 0.1) is 5.82 Å². The lowest BCUT2D eigenvalue weighted by molar-refractivity contribution is -0.128. The van der Waals surface area contributed by atoms with Crippen LogP contribution in [0.2, 0.25) is 0 Å². The molecule has 0 spiro atoms. The zero-order valence-electron chi connectivity index (χ0n) is 25.2. The van der Waals surface area contributed by atoms with Gasteiger partial charge in [-0.25, -0.2) is 4.39 Å². The van der Waals surface area contributed by atoms with Crippen LogP contribution >= 0.6 is 0 Å². The molecular formula is C35H37FN4O5. The number of hydrogen-bond donors (Lipinski definition) is 2. The number of anilines is 2. The number of rotatable bonds is 13. The van der Waals surface area contributed by atoms with Crippen molar-refractivity contribution < 1.29 is 28.2 Å². The van der Waals surface area contributed by atoms with Crippen LogP contribution in [-0.2, 0) is 20.9 Å². The van der Waals surface area contributed by atoms with E-state index in [0.29, 0.717) is 36.9 Å². The van der Waals surface area contributed by atoms with Gasteiger partial charge in [0, 0.05) is 43.6 Å². The van der Waals surface area contributed by atoms with Crippen molar-refractivity contribution in [2.75, 3.05) is 56.7 Å². The van der Waals surface area contributed by atoms with E-state index in [2.05, 4.69) is 26.5 Å². The molecule has 1 atom stereocenters. The number of carbonyl (C=O) groups is 2. The Kier molecular flexibility index (Phi) is 11.0. The van der Waals surface area contributed by atoms with E-state index in [1.165, 1.54) is 24.3 Å². The quantitative estimate of drug-likeness (QED) is 0.217. The van der Waals surface area contributed by atoms with Gasteiger partial charge in [0.25, 0.3) is 0 Å². The monoisotopic (exact) mass is 612 g/mol. The minimum Gasteiger partial charge on any atom is -0.497 e. The van der Waals surface area contributed by atoms with Crippen LogP contribution < -0.4 is 25.0 Å². The van der Waals surface area contributed by atoms with Crippen molar-refractivity contribution >= 4 is 23.2 Å². The maximum Gasteiger partial charge on any atom is 0.249 e. The Balaban J connectivity index is 1.16. The average Bonchev–Trinajstić information content (AvgIpc) is 3.07. The summed E-state index contributed by atoms with van der Waals surface area (Å²) >= 11 is 0. The fourth-order valence-corrected chi connectivity index (χ4v) is 4.94.